The Hall–Kier alpha value is -2.68. The van der Waals surface area contributed by atoms with Gasteiger partial charge in [-0.05, 0) is 55.9 Å². The SMILES string of the molecule is CC(C)CNC(=O)Nc1ccc(-c2nc(N)cc(C3(S(=O)(=O)C4CCCC4)CC3)n2)cc1. The molecular formula is C23H31N5O3S. The predicted octanol–water partition coefficient (Wildman–Crippen LogP) is 3.85. The second kappa shape index (κ2) is 8.69. The van der Waals surface area contributed by atoms with Crippen molar-refractivity contribution in [1.29, 1.82) is 0 Å². The Morgan fingerprint density at radius 1 is 1.16 bits per heavy atom. The van der Waals surface area contributed by atoms with E-state index in [0.29, 0.717) is 48.1 Å². The van der Waals surface area contributed by atoms with Crippen LogP contribution in [0.2, 0.25) is 0 Å². The molecule has 2 saturated carbocycles. The molecule has 0 aliphatic heterocycles. The normalized spacial score (nSPS) is 18.0. The van der Waals surface area contributed by atoms with Crippen LogP contribution in [0.3, 0.4) is 0 Å². The molecule has 0 atom stereocenters. The third-order valence-corrected chi connectivity index (χ3v) is 9.33. The number of carbonyl (C=O) groups excluding carboxylic acids is 1. The van der Waals surface area contributed by atoms with Crippen molar-refractivity contribution in [3.05, 3.63) is 36.0 Å². The van der Waals surface area contributed by atoms with E-state index in [0.717, 1.165) is 25.7 Å². The number of nitrogens with zero attached hydrogens (tertiary/aromatic N) is 2. The number of sulfone groups is 1. The molecule has 1 aromatic heterocycles. The number of urea groups is 1. The van der Waals surface area contributed by atoms with Gasteiger partial charge in [0.25, 0.3) is 0 Å². The highest BCUT2D eigenvalue weighted by Crippen LogP contribution is 2.55. The first-order chi connectivity index (χ1) is 15.2. The van der Waals surface area contributed by atoms with Crippen LogP contribution >= 0.6 is 0 Å². The number of benzene rings is 1. The van der Waals surface area contributed by atoms with Gasteiger partial charge in [-0.15, -0.1) is 0 Å². The number of amides is 2. The van der Waals surface area contributed by atoms with Crippen LogP contribution in [0.4, 0.5) is 16.3 Å². The van der Waals surface area contributed by atoms with Gasteiger partial charge in [0.2, 0.25) is 0 Å². The second-order valence-corrected chi connectivity index (χ2v) is 11.8. The predicted molar refractivity (Wildman–Crippen MR) is 126 cm³/mol. The van der Waals surface area contributed by atoms with Gasteiger partial charge in [-0.2, -0.15) is 0 Å². The summed E-state index contributed by atoms with van der Waals surface area (Å²) in [5.74, 6) is 1.02. The fourth-order valence-corrected chi connectivity index (χ4v) is 6.98. The Morgan fingerprint density at radius 3 is 2.41 bits per heavy atom. The van der Waals surface area contributed by atoms with Crippen molar-refractivity contribution in [3.8, 4) is 11.4 Å². The quantitative estimate of drug-likeness (QED) is 0.579. The standard InChI is InChI=1S/C23H31N5O3S/c1-15(2)14-25-22(29)26-17-9-7-16(8-10-17)21-27-19(13-20(24)28-21)23(11-12-23)32(30,31)18-5-3-4-6-18/h7-10,13,15,18H,3-6,11-12,14H2,1-2H3,(H2,24,27,28)(H2,25,26,29). The number of rotatable bonds is 7. The minimum atomic E-state index is -3.33. The third-order valence-electron chi connectivity index (χ3n) is 6.27. The Morgan fingerprint density at radius 2 is 1.81 bits per heavy atom. The van der Waals surface area contributed by atoms with Gasteiger partial charge in [-0.3, -0.25) is 0 Å². The number of nitrogens with one attached hydrogen (secondary N) is 2. The van der Waals surface area contributed by atoms with Crippen molar-refractivity contribution >= 4 is 27.4 Å². The fourth-order valence-electron chi connectivity index (χ4n) is 4.32. The van der Waals surface area contributed by atoms with E-state index in [-0.39, 0.29) is 17.1 Å². The van der Waals surface area contributed by atoms with Crippen molar-refractivity contribution in [3.63, 3.8) is 0 Å². The lowest BCUT2D eigenvalue weighted by molar-refractivity contribution is 0.251. The lowest BCUT2D eigenvalue weighted by Gasteiger charge is -2.21. The first kappa shape index (κ1) is 22.5. The van der Waals surface area contributed by atoms with E-state index >= 15 is 0 Å². The van der Waals surface area contributed by atoms with Crippen LogP contribution in [0, 0.1) is 5.92 Å². The Bertz CT molecular complexity index is 1090. The van der Waals surface area contributed by atoms with Crippen LogP contribution in [0.15, 0.2) is 30.3 Å². The number of nitrogen functional groups attached to an aromatic ring is 1. The molecule has 9 heteroatoms. The van der Waals surface area contributed by atoms with E-state index in [1.54, 1.807) is 30.3 Å². The van der Waals surface area contributed by atoms with Gasteiger partial charge < -0.3 is 16.4 Å². The van der Waals surface area contributed by atoms with Crippen molar-refractivity contribution in [2.45, 2.75) is 62.4 Å². The van der Waals surface area contributed by atoms with E-state index < -0.39 is 14.6 Å². The summed E-state index contributed by atoms with van der Waals surface area (Å²) in [6.07, 6.45) is 4.56. The molecule has 4 N–H and O–H groups in total. The van der Waals surface area contributed by atoms with Crippen LogP contribution in [0.25, 0.3) is 11.4 Å². The van der Waals surface area contributed by atoms with Crippen molar-refractivity contribution in [2.75, 3.05) is 17.6 Å². The summed E-state index contributed by atoms with van der Waals surface area (Å²) in [7, 11) is -3.33. The maximum Gasteiger partial charge on any atom is 0.319 e. The molecule has 2 aromatic rings. The molecule has 2 aliphatic rings. The number of hydrogen-bond acceptors (Lipinski definition) is 6. The van der Waals surface area contributed by atoms with E-state index in [4.69, 9.17) is 5.73 Å². The molecule has 8 nitrogen and oxygen atoms in total. The lowest BCUT2D eigenvalue weighted by atomic mass is 10.1. The van der Waals surface area contributed by atoms with E-state index in [2.05, 4.69) is 20.6 Å². The summed E-state index contributed by atoms with van der Waals surface area (Å²) < 4.78 is 25.8. The van der Waals surface area contributed by atoms with Gasteiger partial charge in [0, 0.05) is 23.9 Å². The highest BCUT2D eigenvalue weighted by atomic mass is 32.2. The minimum absolute atomic E-state index is 0.258. The molecule has 2 aliphatic carbocycles. The average Bonchev–Trinajstić information content (AvgIpc) is 3.39. The summed E-state index contributed by atoms with van der Waals surface area (Å²) in [4.78, 5) is 20.9. The fraction of sp³-hybridized carbons (Fsp3) is 0.522. The molecule has 2 fully saturated rings. The zero-order chi connectivity index (χ0) is 22.9. The van der Waals surface area contributed by atoms with Gasteiger partial charge in [0.15, 0.2) is 15.7 Å². The molecule has 2 amide bonds. The Kier molecular flexibility index (Phi) is 6.11. The Balaban J connectivity index is 1.55. The van der Waals surface area contributed by atoms with Crippen LogP contribution in [0.1, 0.15) is 58.1 Å². The van der Waals surface area contributed by atoms with E-state index in [1.807, 2.05) is 13.8 Å². The zero-order valence-electron chi connectivity index (χ0n) is 18.6. The molecule has 0 unspecified atom stereocenters. The first-order valence-corrected chi connectivity index (χ1v) is 12.8. The molecule has 0 radical (unpaired) electrons. The monoisotopic (exact) mass is 457 g/mol. The highest BCUT2D eigenvalue weighted by Gasteiger charge is 2.59. The largest absolute Gasteiger partial charge is 0.384 e. The number of hydrogen-bond donors (Lipinski definition) is 3. The van der Waals surface area contributed by atoms with Crippen LogP contribution in [-0.4, -0.2) is 36.2 Å². The van der Waals surface area contributed by atoms with Crippen molar-refractivity contribution in [1.82, 2.24) is 15.3 Å². The maximum absolute atomic E-state index is 13.4. The zero-order valence-corrected chi connectivity index (χ0v) is 19.4. The number of aromatic nitrogens is 2. The topological polar surface area (TPSA) is 127 Å². The van der Waals surface area contributed by atoms with Gasteiger partial charge in [-0.25, -0.2) is 23.2 Å². The summed E-state index contributed by atoms with van der Waals surface area (Å²) in [6.45, 7) is 4.65. The van der Waals surface area contributed by atoms with Crippen LogP contribution in [-0.2, 0) is 14.6 Å². The highest BCUT2D eigenvalue weighted by molar-refractivity contribution is 7.93. The number of nitrogens with two attached hydrogens (primary N) is 1. The summed E-state index contributed by atoms with van der Waals surface area (Å²) in [6, 6.07) is 8.46. The lowest BCUT2D eigenvalue weighted by Crippen LogP contribution is -2.31. The van der Waals surface area contributed by atoms with Gasteiger partial charge in [0.1, 0.15) is 10.6 Å². The second-order valence-electron chi connectivity index (χ2n) is 9.25. The number of carbonyl (C=O) groups is 1. The van der Waals surface area contributed by atoms with Crippen LogP contribution < -0.4 is 16.4 Å². The van der Waals surface area contributed by atoms with E-state index in [9.17, 15) is 13.2 Å². The Labute approximate surface area is 189 Å². The molecule has 0 saturated heterocycles. The molecular weight excluding hydrogens is 426 g/mol. The molecule has 172 valence electrons. The molecule has 1 aromatic carbocycles. The average molecular weight is 458 g/mol. The summed E-state index contributed by atoms with van der Waals surface area (Å²) in [5, 5.41) is 5.31. The summed E-state index contributed by atoms with van der Waals surface area (Å²) >= 11 is 0. The van der Waals surface area contributed by atoms with Gasteiger partial charge in [-0.1, -0.05) is 26.7 Å². The molecule has 0 spiro atoms. The van der Waals surface area contributed by atoms with Crippen molar-refractivity contribution in [2.24, 2.45) is 5.92 Å². The third kappa shape index (κ3) is 4.44. The maximum atomic E-state index is 13.4. The molecule has 1 heterocycles. The van der Waals surface area contributed by atoms with Crippen LogP contribution in [0.5, 0.6) is 0 Å². The van der Waals surface area contributed by atoms with E-state index in [1.165, 1.54) is 0 Å². The van der Waals surface area contributed by atoms with Gasteiger partial charge >= 0.3 is 6.03 Å². The smallest absolute Gasteiger partial charge is 0.319 e. The minimum Gasteiger partial charge on any atom is -0.384 e. The van der Waals surface area contributed by atoms with Crippen molar-refractivity contribution < 1.29 is 13.2 Å². The molecule has 0 bridgehead atoms. The molecule has 32 heavy (non-hydrogen) atoms. The van der Waals surface area contributed by atoms with Gasteiger partial charge in [0.05, 0.1) is 10.9 Å². The molecule has 4 rings (SSSR count). The first-order valence-electron chi connectivity index (χ1n) is 11.2. The summed E-state index contributed by atoms with van der Waals surface area (Å²) in [5.41, 5.74) is 7.91. The number of anilines is 2.